The van der Waals surface area contributed by atoms with Crippen LogP contribution in [0.25, 0.3) is 22.4 Å². The zero-order chi connectivity index (χ0) is 22.5. The quantitative estimate of drug-likeness (QED) is 0.265. The standard InChI is InChI=1S/C26H18Cl2N2OS/c1-31-21-12-8-18(9-13-21)25-14-22(17-6-10-20(27)11-7-17)23(15-29)26(30-25)32-16-19-4-2-3-5-24(19)28/h2-14H,16H2,1H3. The van der Waals surface area contributed by atoms with Gasteiger partial charge >= 0.3 is 0 Å². The highest BCUT2D eigenvalue weighted by Crippen LogP contribution is 2.36. The highest BCUT2D eigenvalue weighted by molar-refractivity contribution is 7.98. The largest absolute Gasteiger partial charge is 0.497 e. The normalized spacial score (nSPS) is 10.6. The lowest BCUT2D eigenvalue weighted by Crippen LogP contribution is -1.96. The van der Waals surface area contributed by atoms with E-state index in [9.17, 15) is 5.26 Å². The monoisotopic (exact) mass is 476 g/mol. The molecule has 32 heavy (non-hydrogen) atoms. The van der Waals surface area contributed by atoms with Gasteiger partial charge in [0.2, 0.25) is 0 Å². The highest BCUT2D eigenvalue weighted by Gasteiger charge is 2.16. The van der Waals surface area contributed by atoms with E-state index >= 15 is 0 Å². The average Bonchev–Trinajstić information content (AvgIpc) is 2.83. The van der Waals surface area contributed by atoms with Gasteiger partial charge in [0.25, 0.3) is 0 Å². The zero-order valence-corrected chi connectivity index (χ0v) is 19.5. The van der Waals surface area contributed by atoms with Crippen LogP contribution in [-0.2, 0) is 5.75 Å². The van der Waals surface area contributed by atoms with Crippen LogP contribution in [0.5, 0.6) is 5.75 Å². The molecule has 0 aliphatic carbocycles. The highest BCUT2D eigenvalue weighted by atomic mass is 35.5. The molecule has 0 aliphatic heterocycles. The van der Waals surface area contributed by atoms with E-state index < -0.39 is 0 Å². The molecule has 4 rings (SSSR count). The molecule has 1 aromatic heterocycles. The Balaban J connectivity index is 1.82. The topological polar surface area (TPSA) is 45.9 Å². The van der Waals surface area contributed by atoms with Crippen molar-refractivity contribution in [2.45, 2.75) is 10.8 Å². The number of rotatable bonds is 6. The second-order valence-electron chi connectivity index (χ2n) is 6.96. The Morgan fingerprint density at radius 2 is 1.62 bits per heavy atom. The lowest BCUT2D eigenvalue weighted by atomic mass is 9.99. The second kappa shape index (κ2) is 10.1. The summed E-state index contributed by atoms with van der Waals surface area (Å²) in [6.07, 6.45) is 0. The number of thioether (sulfide) groups is 1. The predicted molar refractivity (Wildman–Crippen MR) is 132 cm³/mol. The molecule has 0 atom stereocenters. The number of nitrogens with zero attached hydrogens (tertiary/aromatic N) is 2. The molecule has 0 N–H and O–H groups in total. The van der Waals surface area contributed by atoms with Crippen LogP contribution in [0.3, 0.4) is 0 Å². The molecular weight excluding hydrogens is 459 g/mol. The maximum absolute atomic E-state index is 10.0. The van der Waals surface area contributed by atoms with Crippen LogP contribution in [0.15, 0.2) is 83.9 Å². The summed E-state index contributed by atoms with van der Waals surface area (Å²) >= 11 is 13.9. The second-order valence-corrected chi connectivity index (χ2v) is 8.77. The van der Waals surface area contributed by atoms with Gasteiger partial charge in [-0.1, -0.05) is 53.5 Å². The fourth-order valence-corrected chi connectivity index (χ4v) is 4.68. The zero-order valence-electron chi connectivity index (χ0n) is 17.2. The third-order valence-electron chi connectivity index (χ3n) is 4.96. The Morgan fingerprint density at radius 1 is 0.938 bits per heavy atom. The minimum Gasteiger partial charge on any atom is -0.497 e. The first kappa shape index (κ1) is 22.2. The van der Waals surface area contributed by atoms with Crippen molar-refractivity contribution in [2.24, 2.45) is 0 Å². The molecular formula is C26H18Cl2N2OS. The summed E-state index contributed by atoms with van der Waals surface area (Å²) in [6.45, 7) is 0. The molecule has 0 saturated heterocycles. The summed E-state index contributed by atoms with van der Waals surface area (Å²) < 4.78 is 5.28. The van der Waals surface area contributed by atoms with Crippen LogP contribution in [0.4, 0.5) is 0 Å². The molecule has 0 fully saturated rings. The Bertz CT molecular complexity index is 1280. The van der Waals surface area contributed by atoms with Gasteiger partial charge in [0, 0.05) is 26.9 Å². The van der Waals surface area contributed by atoms with Gasteiger partial charge in [0.1, 0.15) is 16.8 Å². The Morgan fingerprint density at radius 3 is 2.28 bits per heavy atom. The van der Waals surface area contributed by atoms with Crippen LogP contribution in [0.1, 0.15) is 11.1 Å². The summed E-state index contributed by atoms with van der Waals surface area (Å²) in [5.41, 5.74) is 4.95. The molecule has 0 unspecified atom stereocenters. The summed E-state index contributed by atoms with van der Waals surface area (Å²) in [7, 11) is 1.64. The van der Waals surface area contributed by atoms with Gasteiger partial charge in [-0.25, -0.2) is 4.98 Å². The molecule has 0 bridgehead atoms. The number of aromatic nitrogens is 1. The van der Waals surface area contributed by atoms with Gasteiger partial charge < -0.3 is 4.74 Å². The predicted octanol–water partition coefficient (Wildman–Crippen LogP) is 7.89. The molecule has 6 heteroatoms. The molecule has 0 spiro atoms. The summed E-state index contributed by atoms with van der Waals surface area (Å²) in [6, 6.07) is 27.2. The van der Waals surface area contributed by atoms with E-state index in [0.717, 1.165) is 33.7 Å². The Hall–Kier alpha value is -2.97. The van der Waals surface area contributed by atoms with Crippen LogP contribution < -0.4 is 4.74 Å². The van der Waals surface area contributed by atoms with Crippen LogP contribution in [-0.4, -0.2) is 12.1 Å². The van der Waals surface area contributed by atoms with Crippen molar-refractivity contribution >= 4 is 35.0 Å². The van der Waals surface area contributed by atoms with Crippen LogP contribution in [0, 0.1) is 11.3 Å². The van der Waals surface area contributed by atoms with E-state index in [2.05, 4.69) is 6.07 Å². The van der Waals surface area contributed by atoms with Crippen molar-refractivity contribution in [1.82, 2.24) is 4.98 Å². The third kappa shape index (κ3) is 4.92. The number of ether oxygens (including phenoxy) is 1. The fourth-order valence-electron chi connectivity index (χ4n) is 3.26. The van der Waals surface area contributed by atoms with Crippen molar-refractivity contribution in [2.75, 3.05) is 7.11 Å². The molecule has 0 aliphatic rings. The van der Waals surface area contributed by atoms with Crippen LogP contribution in [0.2, 0.25) is 10.0 Å². The lowest BCUT2D eigenvalue weighted by molar-refractivity contribution is 0.415. The van der Waals surface area contributed by atoms with Crippen molar-refractivity contribution in [3.8, 4) is 34.2 Å². The maximum Gasteiger partial charge on any atom is 0.118 e. The smallest absolute Gasteiger partial charge is 0.118 e. The summed E-state index contributed by atoms with van der Waals surface area (Å²) in [5.74, 6) is 1.38. The van der Waals surface area contributed by atoms with E-state index in [1.807, 2.05) is 78.9 Å². The summed E-state index contributed by atoms with van der Waals surface area (Å²) in [5, 5.41) is 12.0. The summed E-state index contributed by atoms with van der Waals surface area (Å²) in [4.78, 5) is 4.85. The van der Waals surface area contributed by atoms with Crippen molar-refractivity contribution in [1.29, 1.82) is 5.26 Å². The van der Waals surface area contributed by atoms with E-state index in [1.54, 1.807) is 7.11 Å². The van der Waals surface area contributed by atoms with E-state index in [0.29, 0.717) is 26.4 Å². The van der Waals surface area contributed by atoms with Crippen molar-refractivity contribution in [3.63, 3.8) is 0 Å². The van der Waals surface area contributed by atoms with Gasteiger partial charge in [0.15, 0.2) is 0 Å². The minimum atomic E-state index is 0.529. The average molecular weight is 477 g/mol. The van der Waals surface area contributed by atoms with Gasteiger partial charge in [-0.05, 0) is 59.7 Å². The van der Waals surface area contributed by atoms with Crippen LogP contribution >= 0.6 is 35.0 Å². The van der Waals surface area contributed by atoms with Gasteiger partial charge in [-0.3, -0.25) is 0 Å². The number of benzene rings is 3. The van der Waals surface area contributed by atoms with E-state index in [4.69, 9.17) is 32.9 Å². The first-order valence-electron chi connectivity index (χ1n) is 9.80. The van der Waals surface area contributed by atoms with Gasteiger partial charge in [-0.2, -0.15) is 5.26 Å². The molecule has 0 radical (unpaired) electrons. The molecule has 4 aromatic rings. The van der Waals surface area contributed by atoms with Gasteiger partial charge in [0.05, 0.1) is 18.4 Å². The Labute approximate surface area is 201 Å². The number of hydrogen-bond donors (Lipinski definition) is 0. The van der Waals surface area contributed by atoms with Crippen molar-refractivity contribution < 1.29 is 4.74 Å². The molecule has 0 amide bonds. The van der Waals surface area contributed by atoms with E-state index in [1.165, 1.54) is 11.8 Å². The number of methoxy groups -OCH3 is 1. The lowest BCUT2D eigenvalue weighted by Gasteiger charge is -2.13. The number of halogens is 2. The minimum absolute atomic E-state index is 0.529. The van der Waals surface area contributed by atoms with Crippen molar-refractivity contribution in [3.05, 3.63) is 100 Å². The van der Waals surface area contributed by atoms with Gasteiger partial charge in [-0.15, -0.1) is 11.8 Å². The molecule has 1 heterocycles. The first-order valence-corrected chi connectivity index (χ1v) is 11.5. The SMILES string of the molecule is COc1ccc(-c2cc(-c3ccc(Cl)cc3)c(C#N)c(SCc3ccccc3Cl)n2)cc1. The molecule has 3 aromatic carbocycles. The molecule has 0 saturated carbocycles. The first-order chi connectivity index (χ1) is 15.6. The number of nitriles is 1. The van der Waals surface area contributed by atoms with E-state index in [-0.39, 0.29) is 0 Å². The molecule has 3 nitrogen and oxygen atoms in total. The molecule has 158 valence electrons. The number of pyridine rings is 1. The fraction of sp³-hybridized carbons (Fsp3) is 0.0769. The number of hydrogen-bond acceptors (Lipinski definition) is 4. The maximum atomic E-state index is 10.0. The Kier molecular flexibility index (Phi) is 7.02. The third-order valence-corrected chi connectivity index (χ3v) is 6.61.